The average molecular weight is 496 g/mol. The number of nitrogens with zero attached hydrogens (tertiary/aromatic N) is 1. The molecule has 0 fully saturated rings. The minimum absolute atomic E-state index is 0.0181. The molecule has 2 aromatic carbocycles. The van der Waals surface area contributed by atoms with Crippen molar-refractivity contribution in [1.82, 2.24) is 0 Å². The molecule has 2 aromatic rings. The van der Waals surface area contributed by atoms with E-state index in [2.05, 4.69) is 6.58 Å². The number of hydrogen-bond donors (Lipinski definition) is 0. The Kier molecular flexibility index (Phi) is 8.51. The van der Waals surface area contributed by atoms with Crippen molar-refractivity contribution in [3.63, 3.8) is 0 Å². The van der Waals surface area contributed by atoms with Gasteiger partial charge in [0.05, 0.1) is 34.8 Å². The van der Waals surface area contributed by atoms with Crippen LogP contribution in [0.15, 0.2) is 60.0 Å². The van der Waals surface area contributed by atoms with Gasteiger partial charge in [-0.05, 0) is 63.2 Å². The second-order valence-electron chi connectivity index (χ2n) is 7.83. The predicted molar refractivity (Wildman–Crippen MR) is 125 cm³/mol. The van der Waals surface area contributed by atoms with Gasteiger partial charge < -0.3 is 14.2 Å². The molecule has 0 spiro atoms. The Balaban J connectivity index is 2.33. The Labute approximate surface area is 198 Å². The highest BCUT2D eigenvalue weighted by Crippen LogP contribution is 2.28. The lowest BCUT2D eigenvalue weighted by Gasteiger charge is -2.23. The van der Waals surface area contributed by atoms with Crippen molar-refractivity contribution >= 4 is 39.3 Å². The van der Waals surface area contributed by atoms with Crippen LogP contribution in [-0.4, -0.2) is 46.2 Å². The number of benzene rings is 2. The molecule has 10 heteroatoms. The number of anilines is 1. The zero-order chi connectivity index (χ0) is 24.8. The maximum atomic E-state index is 13.4. The zero-order valence-electron chi connectivity index (χ0n) is 18.8. The van der Waals surface area contributed by atoms with E-state index < -0.39 is 34.2 Å². The normalized spacial score (nSPS) is 11.4. The summed E-state index contributed by atoms with van der Waals surface area (Å²) in [6.45, 7) is 7.99. The fourth-order valence-corrected chi connectivity index (χ4v) is 4.39. The number of rotatable bonds is 9. The highest BCUT2D eigenvalue weighted by molar-refractivity contribution is 7.92. The van der Waals surface area contributed by atoms with Gasteiger partial charge in [0.15, 0.2) is 6.61 Å². The van der Waals surface area contributed by atoms with Crippen molar-refractivity contribution in [3.05, 3.63) is 65.7 Å². The number of ether oxygens (including phenoxy) is 3. The maximum absolute atomic E-state index is 13.4. The molecule has 0 aliphatic rings. The molecule has 0 aromatic heterocycles. The number of carbonyl (C=O) groups excluding carboxylic acids is 2. The molecule has 0 atom stereocenters. The Bertz CT molecular complexity index is 1120. The van der Waals surface area contributed by atoms with Gasteiger partial charge >= 0.3 is 11.9 Å². The van der Waals surface area contributed by atoms with Gasteiger partial charge in [-0.25, -0.2) is 18.0 Å². The van der Waals surface area contributed by atoms with Crippen molar-refractivity contribution < 1.29 is 32.2 Å². The molecular formula is C23H26ClNO7S. The first kappa shape index (κ1) is 26.2. The minimum atomic E-state index is -4.10. The third-order valence-electron chi connectivity index (χ3n) is 4.14. The fraction of sp³-hybridized carbons (Fsp3) is 0.304. The second-order valence-corrected chi connectivity index (χ2v) is 10.1. The lowest BCUT2D eigenvalue weighted by Crippen LogP contribution is -2.31. The third kappa shape index (κ3) is 6.97. The molecule has 0 bridgehead atoms. The molecule has 0 heterocycles. The van der Waals surface area contributed by atoms with E-state index in [1.807, 2.05) is 0 Å². The average Bonchev–Trinajstić information content (AvgIpc) is 2.74. The van der Waals surface area contributed by atoms with Crippen molar-refractivity contribution in [2.24, 2.45) is 0 Å². The van der Waals surface area contributed by atoms with Gasteiger partial charge in [0.2, 0.25) is 0 Å². The molecule has 0 unspecified atom stereocenters. The molecule has 0 amide bonds. The SMILES string of the molecule is C=CCN(c1ccc(OC)cc1)S(=O)(=O)c1ccc(Cl)c(C(=O)OCC(=O)OC(C)(C)C)c1. The summed E-state index contributed by atoms with van der Waals surface area (Å²) in [7, 11) is -2.60. The van der Waals surface area contributed by atoms with Gasteiger partial charge in [0.25, 0.3) is 10.0 Å². The molecular weight excluding hydrogens is 470 g/mol. The van der Waals surface area contributed by atoms with Gasteiger partial charge in [0, 0.05) is 0 Å². The Morgan fingerprint density at radius 1 is 1.12 bits per heavy atom. The zero-order valence-corrected chi connectivity index (χ0v) is 20.4. The molecule has 0 saturated heterocycles. The highest BCUT2D eigenvalue weighted by atomic mass is 35.5. The first-order valence-electron chi connectivity index (χ1n) is 9.85. The fourth-order valence-electron chi connectivity index (χ4n) is 2.73. The summed E-state index contributed by atoms with van der Waals surface area (Å²) in [6.07, 6.45) is 1.44. The van der Waals surface area contributed by atoms with Crippen LogP contribution in [0.4, 0.5) is 5.69 Å². The lowest BCUT2D eigenvalue weighted by molar-refractivity contribution is -0.158. The van der Waals surface area contributed by atoms with Gasteiger partial charge in [-0.3, -0.25) is 4.31 Å². The van der Waals surface area contributed by atoms with Crippen molar-refractivity contribution in [1.29, 1.82) is 0 Å². The van der Waals surface area contributed by atoms with Crippen LogP contribution in [0.25, 0.3) is 0 Å². The summed E-state index contributed by atoms with van der Waals surface area (Å²) in [6, 6.07) is 10.1. The summed E-state index contributed by atoms with van der Waals surface area (Å²) in [4.78, 5) is 24.1. The van der Waals surface area contributed by atoms with Gasteiger partial charge in [-0.15, -0.1) is 6.58 Å². The summed E-state index contributed by atoms with van der Waals surface area (Å²) >= 11 is 6.10. The number of esters is 2. The minimum Gasteiger partial charge on any atom is -0.497 e. The Morgan fingerprint density at radius 3 is 2.30 bits per heavy atom. The first-order chi connectivity index (χ1) is 15.4. The largest absolute Gasteiger partial charge is 0.497 e. The van der Waals surface area contributed by atoms with E-state index in [9.17, 15) is 18.0 Å². The Hall–Kier alpha value is -3.04. The number of sulfonamides is 1. The maximum Gasteiger partial charge on any atom is 0.344 e. The van der Waals surface area contributed by atoms with E-state index in [0.717, 1.165) is 10.4 Å². The molecule has 8 nitrogen and oxygen atoms in total. The monoisotopic (exact) mass is 495 g/mol. The van der Waals surface area contributed by atoms with Gasteiger partial charge in [-0.2, -0.15) is 0 Å². The van der Waals surface area contributed by atoms with Crippen LogP contribution in [-0.2, 0) is 24.3 Å². The molecule has 2 rings (SSSR count). The number of methoxy groups -OCH3 is 1. The van der Waals surface area contributed by atoms with E-state index in [-0.39, 0.29) is 22.0 Å². The van der Waals surface area contributed by atoms with E-state index in [1.165, 1.54) is 25.3 Å². The van der Waals surface area contributed by atoms with Crippen molar-refractivity contribution in [2.45, 2.75) is 31.3 Å². The van der Waals surface area contributed by atoms with E-state index in [1.54, 1.807) is 45.0 Å². The molecule has 0 aliphatic heterocycles. The van der Waals surface area contributed by atoms with Crippen LogP contribution < -0.4 is 9.04 Å². The summed E-state index contributed by atoms with van der Waals surface area (Å²) in [5.74, 6) is -1.13. The number of hydrogen-bond acceptors (Lipinski definition) is 7. The van der Waals surface area contributed by atoms with Crippen LogP contribution in [0.2, 0.25) is 5.02 Å². The topological polar surface area (TPSA) is 99.2 Å². The van der Waals surface area contributed by atoms with E-state index >= 15 is 0 Å². The molecule has 0 N–H and O–H groups in total. The molecule has 33 heavy (non-hydrogen) atoms. The van der Waals surface area contributed by atoms with Crippen LogP contribution >= 0.6 is 11.6 Å². The van der Waals surface area contributed by atoms with Crippen LogP contribution in [0.1, 0.15) is 31.1 Å². The molecule has 0 saturated carbocycles. The predicted octanol–water partition coefficient (Wildman–Crippen LogP) is 4.23. The first-order valence-corrected chi connectivity index (χ1v) is 11.7. The lowest BCUT2D eigenvalue weighted by atomic mass is 10.2. The van der Waals surface area contributed by atoms with Crippen LogP contribution in [0.3, 0.4) is 0 Å². The van der Waals surface area contributed by atoms with Gasteiger partial charge in [-0.1, -0.05) is 17.7 Å². The van der Waals surface area contributed by atoms with Crippen molar-refractivity contribution in [2.75, 3.05) is 24.6 Å². The van der Waals surface area contributed by atoms with Gasteiger partial charge in [0.1, 0.15) is 11.4 Å². The quantitative estimate of drug-likeness (QED) is 0.379. The van der Waals surface area contributed by atoms with Crippen LogP contribution in [0, 0.1) is 0 Å². The summed E-state index contributed by atoms with van der Waals surface area (Å²) < 4.78 is 43.0. The number of carbonyl (C=O) groups is 2. The van der Waals surface area contributed by atoms with E-state index in [0.29, 0.717) is 11.4 Å². The molecule has 0 aliphatic carbocycles. The Morgan fingerprint density at radius 2 is 1.76 bits per heavy atom. The third-order valence-corrected chi connectivity index (χ3v) is 6.26. The standard InChI is InChI=1S/C23H26ClNO7S/c1-6-13-25(16-7-9-17(30-5)10-8-16)33(28,29)18-11-12-20(24)19(14-18)22(27)31-15-21(26)32-23(2,3)4/h6-12,14H,1,13,15H2,2-5H3. The molecule has 178 valence electrons. The highest BCUT2D eigenvalue weighted by Gasteiger charge is 2.27. The van der Waals surface area contributed by atoms with E-state index in [4.69, 9.17) is 25.8 Å². The smallest absolute Gasteiger partial charge is 0.344 e. The summed E-state index contributed by atoms with van der Waals surface area (Å²) in [5, 5.41) is -0.0251. The number of halogens is 1. The van der Waals surface area contributed by atoms with Crippen LogP contribution in [0.5, 0.6) is 5.75 Å². The van der Waals surface area contributed by atoms with Crippen molar-refractivity contribution in [3.8, 4) is 5.75 Å². The second kappa shape index (κ2) is 10.7. The summed E-state index contributed by atoms with van der Waals surface area (Å²) in [5.41, 5.74) is -0.570. The molecule has 0 radical (unpaired) electrons.